The molecule has 1 aromatic heterocycles. The van der Waals surface area contributed by atoms with Crippen LogP contribution in [0.3, 0.4) is 0 Å². The highest BCUT2D eigenvalue weighted by Crippen LogP contribution is 2.60. The first-order chi connectivity index (χ1) is 17.9. The molecular weight excluding hydrogens is 522 g/mol. The van der Waals surface area contributed by atoms with Crippen molar-refractivity contribution in [3.8, 4) is 0 Å². The molecule has 3 rings (SSSR count). The maximum absolute atomic E-state index is 13.7. The number of amides is 1. The maximum atomic E-state index is 13.7. The molecule has 0 atom stereocenters. The van der Waals surface area contributed by atoms with Gasteiger partial charge in [-0.1, -0.05) is 38.1 Å². The lowest BCUT2D eigenvalue weighted by Crippen LogP contribution is -2.24. The Kier molecular flexibility index (Phi) is 8.81. The summed E-state index contributed by atoms with van der Waals surface area (Å²) in [6, 6.07) is 12.3. The lowest BCUT2D eigenvalue weighted by atomic mass is 9.92. The third kappa shape index (κ3) is 6.15. The second-order valence-electron chi connectivity index (χ2n) is 8.47. The molecule has 3 aromatic rings. The summed E-state index contributed by atoms with van der Waals surface area (Å²) in [5.41, 5.74) is -0.00751. The van der Waals surface area contributed by atoms with Gasteiger partial charge in [0.05, 0.1) is 16.4 Å². The first kappa shape index (κ1) is 29.1. The summed E-state index contributed by atoms with van der Waals surface area (Å²) in [5, 5.41) is 6.70. The summed E-state index contributed by atoms with van der Waals surface area (Å²) in [4.78, 5) is 40.1. The molecule has 2 aromatic carbocycles. The van der Waals surface area contributed by atoms with Gasteiger partial charge in [-0.3, -0.25) is 9.36 Å². The van der Waals surface area contributed by atoms with Gasteiger partial charge in [0, 0.05) is 18.4 Å². The minimum Gasteiger partial charge on any atom is -0.352 e. The van der Waals surface area contributed by atoms with E-state index in [0.29, 0.717) is 24.0 Å². The number of para-hydroxylation sites is 1. The quantitative estimate of drug-likeness (QED) is 0.196. The van der Waals surface area contributed by atoms with E-state index in [0.717, 1.165) is 0 Å². The molecule has 0 fully saturated rings. The number of halogens is 3. The Hall–Kier alpha value is -3.47. The van der Waals surface area contributed by atoms with Crippen molar-refractivity contribution < 1.29 is 32.3 Å². The third-order valence-electron chi connectivity index (χ3n) is 6.26. The van der Waals surface area contributed by atoms with Crippen LogP contribution in [0.15, 0.2) is 54.7 Å². The number of carbonyl (C=O) groups excluding carboxylic acids is 1. The summed E-state index contributed by atoms with van der Waals surface area (Å²) in [6.07, 6.45) is -3.70. The van der Waals surface area contributed by atoms with Crippen LogP contribution in [0.25, 0.3) is 0 Å². The van der Waals surface area contributed by atoms with Crippen molar-refractivity contribution in [2.45, 2.75) is 44.9 Å². The fourth-order valence-corrected chi connectivity index (χ4v) is 5.46. The zero-order valence-electron chi connectivity index (χ0n) is 21.0. The predicted octanol–water partition coefficient (Wildman–Crippen LogP) is 5.93. The van der Waals surface area contributed by atoms with Crippen molar-refractivity contribution in [1.29, 1.82) is 0 Å². The van der Waals surface area contributed by atoms with Gasteiger partial charge in [0.2, 0.25) is 5.95 Å². The van der Waals surface area contributed by atoms with E-state index < -0.39 is 36.2 Å². The van der Waals surface area contributed by atoms with Gasteiger partial charge in [-0.2, -0.15) is 18.2 Å². The molecule has 204 valence electrons. The van der Waals surface area contributed by atoms with Gasteiger partial charge in [-0.25, -0.2) is 4.98 Å². The Labute approximate surface area is 218 Å². The van der Waals surface area contributed by atoms with Crippen molar-refractivity contribution in [2.75, 3.05) is 17.2 Å². The van der Waals surface area contributed by atoms with Gasteiger partial charge in [-0.05, 0) is 49.6 Å². The lowest BCUT2D eigenvalue weighted by Gasteiger charge is -2.33. The SMILES string of the molecule is CCNC(=O)c1ccccc1Nc1nc(Nc2ccc(C(CC)(CC)P(=O)(O)O)cc2)ncc1C(F)(F)F. The molecule has 9 nitrogen and oxygen atoms in total. The molecule has 0 bridgehead atoms. The van der Waals surface area contributed by atoms with E-state index in [2.05, 4.69) is 25.9 Å². The lowest BCUT2D eigenvalue weighted by molar-refractivity contribution is -0.137. The van der Waals surface area contributed by atoms with Gasteiger partial charge in [0.15, 0.2) is 0 Å². The van der Waals surface area contributed by atoms with Crippen LogP contribution in [-0.4, -0.2) is 32.2 Å². The molecule has 13 heteroatoms. The summed E-state index contributed by atoms with van der Waals surface area (Å²) in [7, 11) is -4.48. The van der Waals surface area contributed by atoms with Gasteiger partial charge in [0.1, 0.15) is 11.4 Å². The van der Waals surface area contributed by atoms with Crippen molar-refractivity contribution in [1.82, 2.24) is 15.3 Å². The van der Waals surface area contributed by atoms with Crippen molar-refractivity contribution in [3.63, 3.8) is 0 Å². The van der Waals surface area contributed by atoms with Gasteiger partial charge >= 0.3 is 13.8 Å². The molecule has 0 spiro atoms. The Morgan fingerprint density at radius 1 is 0.974 bits per heavy atom. The Bertz CT molecular complexity index is 1330. The number of nitrogens with one attached hydrogen (secondary N) is 3. The molecule has 0 aliphatic rings. The topological polar surface area (TPSA) is 136 Å². The van der Waals surface area contributed by atoms with Crippen LogP contribution in [0.1, 0.15) is 55.1 Å². The predicted molar refractivity (Wildman–Crippen MR) is 139 cm³/mol. The van der Waals surface area contributed by atoms with Crippen LogP contribution in [-0.2, 0) is 15.9 Å². The molecule has 5 N–H and O–H groups in total. The first-order valence-electron chi connectivity index (χ1n) is 11.9. The van der Waals surface area contributed by atoms with E-state index in [9.17, 15) is 32.3 Å². The van der Waals surface area contributed by atoms with Crippen molar-refractivity contribution in [2.24, 2.45) is 0 Å². The van der Waals surface area contributed by atoms with Crippen LogP contribution in [0.5, 0.6) is 0 Å². The monoisotopic (exact) mass is 551 g/mol. The standard InChI is InChI=1S/C25H29F3N5O4P/c1-4-24(5-2,38(35,36)37)16-11-13-17(14-12-16)31-23-30-15-19(25(26,27)28)21(33-23)32-20-10-8-7-9-18(20)22(34)29-6-3/h7-15H,4-6H2,1-3H3,(H,29,34)(H2,35,36,37)(H2,30,31,32,33). The maximum Gasteiger partial charge on any atom is 0.421 e. The van der Waals surface area contributed by atoms with Crippen molar-refractivity contribution in [3.05, 3.63) is 71.4 Å². The summed E-state index contributed by atoms with van der Waals surface area (Å²) >= 11 is 0. The zero-order chi connectivity index (χ0) is 28.1. The number of hydrogen-bond donors (Lipinski definition) is 5. The molecule has 0 saturated carbocycles. The van der Waals surface area contributed by atoms with E-state index in [4.69, 9.17) is 0 Å². The highest BCUT2D eigenvalue weighted by Gasteiger charge is 2.45. The minimum absolute atomic E-state index is 0.130. The van der Waals surface area contributed by atoms with E-state index in [1.807, 2.05) is 0 Å². The number of aromatic nitrogens is 2. The van der Waals surface area contributed by atoms with Crippen LogP contribution in [0, 0.1) is 0 Å². The van der Waals surface area contributed by atoms with E-state index >= 15 is 0 Å². The number of anilines is 4. The Morgan fingerprint density at radius 2 is 1.61 bits per heavy atom. The molecule has 38 heavy (non-hydrogen) atoms. The number of rotatable bonds is 10. The molecule has 1 amide bonds. The second kappa shape index (κ2) is 11.5. The highest BCUT2D eigenvalue weighted by atomic mass is 31.2. The molecule has 0 radical (unpaired) electrons. The van der Waals surface area contributed by atoms with Gasteiger partial charge in [-0.15, -0.1) is 0 Å². The average Bonchev–Trinajstić information content (AvgIpc) is 2.85. The van der Waals surface area contributed by atoms with Gasteiger partial charge < -0.3 is 25.7 Å². The Balaban J connectivity index is 1.96. The number of carbonyl (C=O) groups is 1. The summed E-state index contributed by atoms with van der Waals surface area (Å²) < 4.78 is 53.4. The number of nitrogens with zero attached hydrogens (tertiary/aromatic N) is 2. The van der Waals surface area contributed by atoms with E-state index in [1.54, 1.807) is 57.2 Å². The van der Waals surface area contributed by atoms with Crippen LogP contribution in [0.4, 0.5) is 36.3 Å². The highest BCUT2D eigenvalue weighted by molar-refractivity contribution is 7.53. The molecule has 0 saturated heterocycles. The average molecular weight is 552 g/mol. The zero-order valence-corrected chi connectivity index (χ0v) is 21.9. The second-order valence-corrected chi connectivity index (χ2v) is 10.4. The summed E-state index contributed by atoms with van der Waals surface area (Å²) in [5.74, 6) is -1.17. The number of hydrogen-bond acceptors (Lipinski definition) is 6. The molecule has 1 heterocycles. The normalized spacial score (nSPS) is 12.2. The smallest absolute Gasteiger partial charge is 0.352 e. The first-order valence-corrected chi connectivity index (χ1v) is 13.5. The fraction of sp³-hybridized carbons (Fsp3) is 0.320. The van der Waals surface area contributed by atoms with Gasteiger partial charge in [0.25, 0.3) is 5.91 Å². The Morgan fingerprint density at radius 3 is 2.16 bits per heavy atom. The van der Waals surface area contributed by atoms with Crippen LogP contribution < -0.4 is 16.0 Å². The van der Waals surface area contributed by atoms with Crippen LogP contribution in [0.2, 0.25) is 0 Å². The molecule has 0 unspecified atom stereocenters. The molecule has 0 aliphatic carbocycles. The molecule has 0 aliphatic heterocycles. The molecular formula is C25H29F3N5O4P. The van der Waals surface area contributed by atoms with Crippen molar-refractivity contribution >= 4 is 36.6 Å². The largest absolute Gasteiger partial charge is 0.421 e. The number of benzene rings is 2. The summed E-state index contributed by atoms with van der Waals surface area (Å²) in [6.45, 7) is 5.46. The fourth-order valence-electron chi connectivity index (χ4n) is 4.15. The third-order valence-corrected chi connectivity index (χ3v) is 8.27. The van der Waals surface area contributed by atoms with E-state index in [-0.39, 0.29) is 30.0 Å². The number of alkyl halides is 3. The van der Waals surface area contributed by atoms with Crippen LogP contribution >= 0.6 is 7.60 Å². The minimum atomic E-state index is -4.77. The van der Waals surface area contributed by atoms with E-state index in [1.165, 1.54) is 12.1 Å².